The minimum atomic E-state index is -0.703. The van der Waals surface area contributed by atoms with Crippen molar-refractivity contribution in [2.75, 3.05) is 0 Å². The number of piperidine rings is 1. The van der Waals surface area contributed by atoms with Gasteiger partial charge < -0.3 is 0 Å². The molecule has 1 aliphatic heterocycles. The molecule has 1 fully saturated rings. The van der Waals surface area contributed by atoms with Crippen LogP contribution in [0.4, 0.5) is 0 Å². The van der Waals surface area contributed by atoms with Crippen molar-refractivity contribution in [2.45, 2.75) is 32.7 Å². The van der Waals surface area contributed by atoms with Crippen LogP contribution in [0.15, 0.2) is 29.6 Å². The van der Waals surface area contributed by atoms with E-state index >= 15 is 0 Å². The summed E-state index contributed by atoms with van der Waals surface area (Å²) in [5.41, 5.74) is 1.95. The number of benzene rings is 1. The lowest BCUT2D eigenvalue weighted by molar-refractivity contribution is -0.135. The molecule has 1 aromatic carbocycles. The molecule has 1 N–H and O–H groups in total. The number of rotatable bonds is 2. The second-order valence-corrected chi connectivity index (χ2v) is 5.78. The van der Waals surface area contributed by atoms with Crippen molar-refractivity contribution in [2.24, 2.45) is 0 Å². The van der Waals surface area contributed by atoms with E-state index in [4.69, 9.17) is 0 Å². The summed E-state index contributed by atoms with van der Waals surface area (Å²) >= 11 is 0. The molecule has 2 amide bonds. The molecule has 3 rings (SSSR count). The first-order chi connectivity index (χ1) is 10.9. The second-order valence-electron chi connectivity index (χ2n) is 5.78. The standard InChI is InChI=1S/C17H17N3O3/c1-9(2)11-5-4-6-12-15(11)18-10(3)20(17(12)23)13-7-8-14(21)19-16(13)22/h4-6,13H,1,7-8H2,2-3H3,(H,19,21,22). The number of hydrogen-bond acceptors (Lipinski definition) is 4. The molecule has 1 unspecified atom stereocenters. The molecule has 0 spiro atoms. The monoisotopic (exact) mass is 311 g/mol. The third kappa shape index (κ3) is 2.46. The van der Waals surface area contributed by atoms with Gasteiger partial charge in [0.1, 0.15) is 11.9 Å². The van der Waals surface area contributed by atoms with Crippen molar-refractivity contribution >= 4 is 28.3 Å². The summed E-state index contributed by atoms with van der Waals surface area (Å²) in [6, 6.07) is 4.64. The van der Waals surface area contributed by atoms with Gasteiger partial charge in [0.2, 0.25) is 11.8 Å². The number of imide groups is 1. The lowest BCUT2D eigenvalue weighted by atomic mass is 10.0. The summed E-state index contributed by atoms with van der Waals surface area (Å²) in [7, 11) is 0. The molecule has 2 aromatic rings. The second kappa shape index (κ2) is 5.46. The summed E-state index contributed by atoms with van der Waals surface area (Å²) in [4.78, 5) is 40.8. The normalized spacial score (nSPS) is 18.1. The van der Waals surface area contributed by atoms with E-state index in [-0.39, 0.29) is 17.9 Å². The van der Waals surface area contributed by atoms with Gasteiger partial charge in [0.05, 0.1) is 10.9 Å². The van der Waals surface area contributed by atoms with E-state index in [2.05, 4.69) is 16.9 Å². The smallest absolute Gasteiger partial charge is 0.262 e. The van der Waals surface area contributed by atoms with Crippen LogP contribution in [0.25, 0.3) is 16.5 Å². The molecule has 1 aliphatic rings. The molecule has 6 heteroatoms. The van der Waals surface area contributed by atoms with Gasteiger partial charge in [-0.05, 0) is 31.9 Å². The number of nitrogens with zero attached hydrogens (tertiary/aromatic N) is 2. The van der Waals surface area contributed by atoms with Gasteiger partial charge in [0, 0.05) is 12.0 Å². The highest BCUT2D eigenvalue weighted by atomic mass is 16.2. The van der Waals surface area contributed by atoms with Crippen molar-refractivity contribution in [3.63, 3.8) is 0 Å². The summed E-state index contributed by atoms with van der Waals surface area (Å²) < 4.78 is 1.38. The van der Waals surface area contributed by atoms with Crippen LogP contribution in [0, 0.1) is 6.92 Å². The Labute approximate surface area is 132 Å². The topological polar surface area (TPSA) is 81.1 Å². The highest BCUT2D eigenvalue weighted by molar-refractivity contribution is 5.99. The van der Waals surface area contributed by atoms with Crippen molar-refractivity contribution in [3.05, 3.63) is 46.5 Å². The fourth-order valence-corrected chi connectivity index (χ4v) is 2.97. The minimum Gasteiger partial charge on any atom is -0.295 e. The summed E-state index contributed by atoms with van der Waals surface area (Å²) in [5, 5.41) is 2.73. The van der Waals surface area contributed by atoms with E-state index in [9.17, 15) is 14.4 Å². The molecule has 1 aromatic heterocycles. The van der Waals surface area contributed by atoms with Gasteiger partial charge in [-0.2, -0.15) is 0 Å². The quantitative estimate of drug-likeness (QED) is 0.856. The van der Waals surface area contributed by atoms with E-state index < -0.39 is 11.9 Å². The van der Waals surface area contributed by atoms with Crippen LogP contribution in [0.3, 0.4) is 0 Å². The molecule has 6 nitrogen and oxygen atoms in total. The van der Waals surface area contributed by atoms with E-state index in [1.807, 2.05) is 13.0 Å². The Bertz CT molecular complexity index is 911. The molecule has 0 radical (unpaired) electrons. The Morgan fingerprint density at radius 1 is 1.35 bits per heavy atom. The molecule has 1 saturated heterocycles. The molecule has 118 valence electrons. The largest absolute Gasteiger partial charge is 0.295 e. The maximum atomic E-state index is 12.9. The first kappa shape index (κ1) is 15.1. The van der Waals surface area contributed by atoms with Crippen molar-refractivity contribution < 1.29 is 9.59 Å². The zero-order chi connectivity index (χ0) is 16.7. The van der Waals surface area contributed by atoms with Gasteiger partial charge in [-0.25, -0.2) is 4.98 Å². The molecule has 0 aliphatic carbocycles. The zero-order valence-corrected chi connectivity index (χ0v) is 13.0. The number of hydrogen-bond donors (Lipinski definition) is 1. The summed E-state index contributed by atoms with van der Waals surface area (Å²) in [6.07, 6.45) is 0.519. The average molecular weight is 311 g/mol. The third-order valence-electron chi connectivity index (χ3n) is 4.09. The first-order valence-electron chi connectivity index (χ1n) is 7.41. The van der Waals surface area contributed by atoms with Crippen LogP contribution in [-0.4, -0.2) is 21.4 Å². The highest BCUT2D eigenvalue weighted by Gasteiger charge is 2.30. The van der Waals surface area contributed by atoms with Crippen molar-refractivity contribution in [1.82, 2.24) is 14.9 Å². The van der Waals surface area contributed by atoms with Gasteiger partial charge in [0.25, 0.3) is 5.56 Å². The number of amides is 2. The van der Waals surface area contributed by atoms with E-state index in [1.54, 1.807) is 19.1 Å². The number of fused-ring (bicyclic) bond motifs is 1. The van der Waals surface area contributed by atoms with Crippen LogP contribution in [-0.2, 0) is 9.59 Å². The predicted octanol–water partition coefficient (Wildman–Crippen LogP) is 1.72. The number of para-hydroxylation sites is 1. The number of nitrogens with one attached hydrogen (secondary N) is 1. The lowest BCUT2D eigenvalue weighted by Crippen LogP contribution is -2.45. The van der Waals surface area contributed by atoms with Gasteiger partial charge in [0.15, 0.2) is 0 Å². The van der Waals surface area contributed by atoms with E-state index in [1.165, 1.54) is 4.57 Å². The fraction of sp³-hybridized carbons (Fsp3) is 0.294. The number of aromatic nitrogens is 2. The van der Waals surface area contributed by atoms with Crippen molar-refractivity contribution in [3.8, 4) is 0 Å². The van der Waals surface area contributed by atoms with Crippen LogP contribution >= 0.6 is 0 Å². The number of allylic oxidation sites excluding steroid dienone is 1. The van der Waals surface area contributed by atoms with Crippen LogP contribution in [0.2, 0.25) is 0 Å². The van der Waals surface area contributed by atoms with E-state index in [0.717, 1.165) is 11.1 Å². The van der Waals surface area contributed by atoms with Crippen LogP contribution in [0.1, 0.15) is 37.2 Å². The van der Waals surface area contributed by atoms with E-state index in [0.29, 0.717) is 23.1 Å². The SMILES string of the molecule is C=C(C)c1cccc2c(=O)n(C3CCC(=O)NC3=O)c(C)nc12. The highest BCUT2D eigenvalue weighted by Crippen LogP contribution is 2.23. The number of aryl methyl sites for hydroxylation is 1. The minimum absolute atomic E-state index is 0.214. The van der Waals surface area contributed by atoms with Crippen LogP contribution in [0.5, 0.6) is 0 Å². The third-order valence-corrected chi connectivity index (χ3v) is 4.09. The molecule has 23 heavy (non-hydrogen) atoms. The first-order valence-corrected chi connectivity index (χ1v) is 7.41. The Morgan fingerprint density at radius 2 is 2.09 bits per heavy atom. The Morgan fingerprint density at radius 3 is 2.74 bits per heavy atom. The van der Waals surface area contributed by atoms with Gasteiger partial charge in [-0.1, -0.05) is 18.7 Å². The average Bonchev–Trinajstić information content (AvgIpc) is 2.48. The lowest BCUT2D eigenvalue weighted by Gasteiger charge is -2.24. The molecule has 0 saturated carbocycles. The Kier molecular flexibility index (Phi) is 3.60. The molecular weight excluding hydrogens is 294 g/mol. The predicted molar refractivity (Wildman–Crippen MR) is 86.9 cm³/mol. The van der Waals surface area contributed by atoms with Crippen molar-refractivity contribution in [1.29, 1.82) is 0 Å². The maximum absolute atomic E-state index is 12.9. The summed E-state index contributed by atoms with van der Waals surface area (Å²) in [5.74, 6) is -0.315. The van der Waals surface area contributed by atoms with Crippen LogP contribution < -0.4 is 10.9 Å². The van der Waals surface area contributed by atoms with Gasteiger partial charge in [-0.3, -0.25) is 24.3 Å². The number of carbonyl (C=O) groups is 2. The fourth-order valence-electron chi connectivity index (χ4n) is 2.97. The maximum Gasteiger partial charge on any atom is 0.262 e. The zero-order valence-electron chi connectivity index (χ0n) is 13.0. The molecular formula is C17H17N3O3. The Hall–Kier alpha value is -2.76. The molecule has 0 bridgehead atoms. The molecule has 1 atom stereocenters. The molecule has 2 heterocycles. The van der Waals surface area contributed by atoms with Gasteiger partial charge >= 0.3 is 0 Å². The number of carbonyl (C=O) groups excluding carboxylic acids is 2. The Balaban J connectivity index is 2.24. The van der Waals surface area contributed by atoms with Gasteiger partial charge in [-0.15, -0.1) is 0 Å². The summed E-state index contributed by atoms with van der Waals surface area (Å²) in [6.45, 7) is 7.47.